The van der Waals surface area contributed by atoms with E-state index < -0.39 is 5.76 Å². The van der Waals surface area contributed by atoms with Crippen molar-refractivity contribution in [3.05, 3.63) is 57.7 Å². The second kappa shape index (κ2) is 5.65. The number of hydrogen-bond acceptors (Lipinski definition) is 4. The Hall–Kier alpha value is -2.60. The molecule has 1 aromatic carbocycles. The second-order valence-corrected chi connectivity index (χ2v) is 5.21. The molecule has 6 nitrogen and oxygen atoms in total. The highest BCUT2D eigenvalue weighted by molar-refractivity contribution is 6.31. The van der Waals surface area contributed by atoms with E-state index in [1.165, 1.54) is 10.6 Å². The summed E-state index contributed by atoms with van der Waals surface area (Å²) in [7, 11) is 0. The number of fused-ring (bicyclic) bond motifs is 1. The minimum absolute atomic E-state index is 0.164. The van der Waals surface area contributed by atoms with Crippen LogP contribution in [0.3, 0.4) is 0 Å². The van der Waals surface area contributed by atoms with Crippen LogP contribution in [0.1, 0.15) is 5.69 Å². The van der Waals surface area contributed by atoms with Crippen molar-refractivity contribution in [2.75, 3.05) is 5.32 Å². The second-order valence-electron chi connectivity index (χ2n) is 4.78. The van der Waals surface area contributed by atoms with Gasteiger partial charge >= 0.3 is 5.76 Å². The van der Waals surface area contributed by atoms with Gasteiger partial charge in [-0.05, 0) is 31.2 Å². The first-order valence-corrected chi connectivity index (χ1v) is 6.93. The molecule has 2 aromatic heterocycles. The number of nitrogens with zero attached hydrogens (tertiary/aromatic N) is 2. The van der Waals surface area contributed by atoms with Crippen molar-refractivity contribution in [2.45, 2.75) is 13.5 Å². The van der Waals surface area contributed by atoms with Gasteiger partial charge in [0.05, 0.1) is 5.52 Å². The van der Waals surface area contributed by atoms with Crippen LogP contribution in [0.15, 0.2) is 45.6 Å². The van der Waals surface area contributed by atoms with Crippen molar-refractivity contribution in [3.63, 3.8) is 0 Å². The van der Waals surface area contributed by atoms with Crippen LogP contribution < -0.4 is 11.1 Å². The molecule has 112 valence electrons. The molecular formula is C15H12ClN3O3. The van der Waals surface area contributed by atoms with E-state index >= 15 is 0 Å². The highest BCUT2D eigenvalue weighted by Crippen LogP contribution is 2.18. The summed E-state index contributed by atoms with van der Waals surface area (Å²) in [6.07, 6.45) is 0. The molecule has 0 bridgehead atoms. The van der Waals surface area contributed by atoms with Crippen molar-refractivity contribution >= 4 is 34.4 Å². The molecule has 2 heterocycles. The Morgan fingerprint density at radius 2 is 2.18 bits per heavy atom. The predicted octanol–water partition coefficient (Wildman–Crippen LogP) is 2.59. The van der Waals surface area contributed by atoms with Crippen LogP contribution in [0.5, 0.6) is 0 Å². The van der Waals surface area contributed by atoms with Crippen molar-refractivity contribution < 1.29 is 9.21 Å². The summed E-state index contributed by atoms with van der Waals surface area (Å²) in [6.45, 7) is 1.66. The number of oxazole rings is 1. The van der Waals surface area contributed by atoms with E-state index in [4.69, 9.17) is 16.0 Å². The molecule has 0 fully saturated rings. The zero-order chi connectivity index (χ0) is 15.7. The van der Waals surface area contributed by atoms with E-state index in [2.05, 4.69) is 10.3 Å². The van der Waals surface area contributed by atoms with Crippen LogP contribution in [0, 0.1) is 6.92 Å². The molecule has 1 N–H and O–H groups in total. The zero-order valence-electron chi connectivity index (χ0n) is 11.7. The summed E-state index contributed by atoms with van der Waals surface area (Å²) < 4.78 is 6.32. The molecule has 0 unspecified atom stereocenters. The summed E-state index contributed by atoms with van der Waals surface area (Å²) in [6, 6.07) is 10.1. The minimum Gasteiger partial charge on any atom is -0.408 e. The van der Waals surface area contributed by atoms with Crippen LogP contribution in [0.4, 0.5) is 5.82 Å². The Morgan fingerprint density at radius 3 is 2.95 bits per heavy atom. The number of carbonyl (C=O) groups excluding carboxylic acids is 1. The lowest BCUT2D eigenvalue weighted by molar-refractivity contribution is -0.116. The first-order chi connectivity index (χ1) is 10.5. The van der Waals surface area contributed by atoms with Gasteiger partial charge in [0.2, 0.25) is 5.91 Å². The maximum Gasteiger partial charge on any atom is 0.420 e. The van der Waals surface area contributed by atoms with E-state index in [1.54, 1.807) is 24.3 Å². The summed E-state index contributed by atoms with van der Waals surface area (Å²) >= 11 is 5.85. The number of pyridine rings is 1. The molecule has 0 radical (unpaired) electrons. The number of halogens is 1. The van der Waals surface area contributed by atoms with Gasteiger partial charge in [0, 0.05) is 16.8 Å². The molecule has 3 rings (SSSR count). The predicted molar refractivity (Wildman–Crippen MR) is 83.1 cm³/mol. The highest BCUT2D eigenvalue weighted by Gasteiger charge is 2.13. The third kappa shape index (κ3) is 2.87. The van der Waals surface area contributed by atoms with Crippen LogP contribution >= 0.6 is 11.6 Å². The molecule has 0 aliphatic rings. The molecule has 0 atom stereocenters. The molecule has 1 amide bonds. The van der Waals surface area contributed by atoms with Gasteiger partial charge in [0.25, 0.3) is 0 Å². The van der Waals surface area contributed by atoms with E-state index in [0.717, 1.165) is 5.69 Å². The number of benzene rings is 1. The number of nitrogens with one attached hydrogen (secondary N) is 1. The lowest BCUT2D eigenvalue weighted by atomic mass is 10.3. The molecule has 0 aliphatic heterocycles. The average molecular weight is 318 g/mol. The number of aryl methyl sites for hydroxylation is 1. The highest BCUT2D eigenvalue weighted by atomic mass is 35.5. The van der Waals surface area contributed by atoms with Gasteiger partial charge in [-0.25, -0.2) is 9.78 Å². The van der Waals surface area contributed by atoms with Crippen LogP contribution in [-0.2, 0) is 11.3 Å². The number of aromatic nitrogens is 2. The molecule has 0 saturated carbocycles. The molecule has 7 heteroatoms. The Bertz CT molecular complexity index is 914. The molecular weight excluding hydrogens is 306 g/mol. The standard InChI is InChI=1S/C15H12ClN3O3/c1-9-3-2-4-13(17-9)18-14(20)8-19-11-6-5-10(16)7-12(11)22-15(19)21/h2-7H,8H2,1H3,(H,17,18,20). The quantitative estimate of drug-likeness (QED) is 0.805. The number of rotatable bonds is 3. The lowest BCUT2D eigenvalue weighted by Gasteiger charge is -2.05. The fourth-order valence-electron chi connectivity index (χ4n) is 2.13. The minimum atomic E-state index is -0.607. The van der Waals surface area contributed by atoms with E-state index in [-0.39, 0.29) is 12.5 Å². The Morgan fingerprint density at radius 1 is 1.36 bits per heavy atom. The maximum atomic E-state index is 12.1. The summed E-state index contributed by atoms with van der Waals surface area (Å²) in [5.74, 6) is -0.531. The fourth-order valence-corrected chi connectivity index (χ4v) is 2.29. The van der Waals surface area contributed by atoms with Gasteiger partial charge in [0.15, 0.2) is 5.58 Å². The Balaban J connectivity index is 1.85. The smallest absolute Gasteiger partial charge is 0.408 e. The van der Waals surface area contributed by atoms with Gasteiger partial charge < -0.3 is 9.73 Å². The molecule has 3 aromatic rings. The molecule has 0 spiro atoms. The summed E-state index contributed by atoms with van der Waals surface area (Å²) in [5, 5.41) is 3.11. The number of carbonyl (C=O) groups is 1. The van der Waals surface area contributed by atoms with Gasteiger partial charge in [-0.1, -0.05) is 17.7 Å². The van der Waals surface area contributed by atoms with Gasteiger partial charge in [-0.2, -0.15) is 0 Å². The normalized spacial score (nSPS) is 10.8. The number of amides is 1. The van der Waals surface area contributed by atoms with E-state index in [0.29, 0.717) is 21.9 Å². The largest absolute Gasteiger partial charge is 0.420 e. The number of anilines is 1. The first kappa shape index (κ1) is 14.3. The van der Waals surface area contributed by atoms with Crippen molar-refractivity contribution in [3.8, 4) is 0 Å². The van der Waals surface area contributed by atoms with E-state index in [9.17, 15) is 9.59 Å². The summed E-state index contributed by atoms with van der Waals surface area (Å²) in [5.41, 5.74) is 1.65. The fraction of sp³-hybridized carbons (Fsp3) is 0.133. The van der Waals surface area contributed by atoms with Gasteiger partial charge in [-0.15, -0.1) is 0 Å². The third-order valence-electron chi connectivity index (χ3n) is 3.09. The topological polar surface area (TPSA) is 77.1 Å². The van der Waals surface area contributed by atoms with Crippen LogP contribution in [-0.4, -0.2) is 15.5 Å². The summed E-state index contributed by atoms with van der Waals surface area (Å²) in [4.78, 5) is 28.1. The van der Waals surface area contributed by atoms with E-state index in [1.807, 2.05) is 13.0 Å². The van der Waals surface area contributed by atoms with Gasteiger partial charge in [-0.3, -0.25) is 9.36 Å². The first-order valence-electron chi connectivity index (χ1n) is 6.55. The van der Waals surface area contributed by atoms with Crippen molar-refractivity contribution in [2.24, 2.45) is 0 Å². The monoisotopic (exact) mass is 317 g/mol. The zero-order valence-corrected chi connectivity index (χ0v) is 12.4. The Kier molecular flexibility index (Phi) is 3.68. The molecule has 0 aliphatic carbocycles. The average Bonchev–Trinajstić information content (AvgIpc) is 2.74. The van der Waals surface area contributed by atoms with Crippen molar-refractivity contribution in [1.82, 2.24) is 9.55 Å². The third-order valence-corrected chi connectivity index (χ3v) is 3.32. The Labute approximate surface area is 130 Å². The van der Waals surface area contributed by atoms with Crippen LogP contribution in [0.25, 0.3) is 11.1 Å². The van der Waals surface area contributed by atoms with Crippen molar-refractivity contribution in [1.29, 1.82) is 0 Å². The molecule has 0 saturated heterocycles. The van der Waals surface area contributed by atoms with Crippen LogP contribution in [0.2, 0.25) is 5.02 Å². The molecule has 22 heavy (non-hydrogen) atoms. The SMILES string of the molecule is Cc1cccc(NC(=O)Cn2c(=O)oc3cc(Cl)ccc32)n1. The lowest BCUT2D eigenvalue weighted by Crippen LogP contribution is -2.25. The number of hydrogen-bond donors (Lipinski definition) is 1. The maximum absolute atomic E-state index is 12.1. The van der Waals surface area contributed by atoms with Gasteiger partial charge in [0.1, 0.15) is 12.4 Å².